The summed E-state index contributed by atoms with van der Waals surface area (Å²) in [6, 6.07) is -0.0584. The van der Waals surface area contributed by atoms with Gasteiger partial charge in [0.2, 0.25) is 5.91 Å². The third kappa shape index (κ3) is 5.42. The van der Waals surface area contributed by atoms with Crippen LogP contribution in [0.1, 0.15) is 40.0 Å². The first-order valence-corrected chi connectivity index (χ1v) is 6.79. The molecule has 15 heavy (non-hydrogen) atoms. The van der Waals surface area contributed by atoms with E-state index in [1.54, 1.807) is 0 Å². The minimum absolute atomic E-state index is 0.0584. The molecule has 0 rings (SSSR count). The van der Waals surface area contributed by atoms with Gasteiger partial charge in [-0.1, -0.05) is 13.8 Å². The summed E-state index contributed by atoms with van der Waals surface area (Å²) in [4.78, 5) is 11.4. The van der Waals surface area contributed by atoms with Crippen molar-refractivity contribution in [2.45, 2.75) is 50.8 Å². The predicted molar refractivity (Wildman–Crippen MR) is 68.1 cm³/mol. The van der Waals surface area contributed by atoms with Gasteiger partial charge >= 0.3 is 0 Å². The molecule has 0 saturated heterocycles. The van der Waals surface area contributed by atoms with Crippen LogP contribution in [0.5, 0.6) is 0 Å². The van der Waals surface area contributed by atoms with E-state index in [0.717, 1.165) is 19.4 Å². The molecule has 0 aromatic rings. The summed E-state index contributed by atoms with van der Waals surface area (Å²) in [5, 5.41) is 2.97. The SMILES string of the molecule is CCC(CC)(CNC(=O)CC(C)N)SC. The van der Waals surface area contributed by atoms with Crippen LogP contribution >= 0.6 is 11.8 Å². The van der Waals surface area contributed by atoms with Gasteiger partial charge in [-0.2, -0.15) is 11.8 Å². The van der Waals surface area contributed by atoms with Crippen molar-refractivity contribution < 1.29 is 4.79 Å². The number of nitrogens with two attached hydrogens (primary N) is 1. The molecule has 3 N–H and O–H groups in total. The van der Waals surface area contributed by atoms with Crippen LogP contribution in [0.2, 0.25) is 0 Å². The van der Waals surface area contributed by atoms with Gasteiger partial charge in [-0.3, -0.25) is 4.79 Å². The molecule has 0 aliphatic heterocycles. The van der Waals surface area contributed by atoms with Crippen LogP contribution in [0, 0.1) is 0 Å². The molecule has 1 atom stereocenters. The molecule has 1 unspecified atom stereocenters. The Morgan fingerprint density at radius 2 is 2.00 bits per heavy atom. The van der Waals surface area contributed by atoms with Gasteiger partial charge in [-0.05, 0) is 26.0 Å². The lowest BCUT2D eigenvalue weighted by Gasteiger charge is -2.29. The monoisotopic (exact) mass is 232 g/mol. The molecule has 0 heterocycles. The highest BCUT2D eigenvalue weighted by Gasteiger charge is 2.25. The molecule has 0 radical (unpaired) electrons. The van der Waals surface area contributed by atoms with Crippen molar-refractivity contribution in [3.8, 4) is 0 Å². The standard InChI is InChI=1S/C11H24N2OS/c1-5-11(6-2,15-4)8-13-10(14)7-9(3)12/h9H,5-8,12H2,1-4H3,(H,13,14). The highest BCUT2D eigenvalue weighted by atomic mass is 32.2. The van der Waals surface area contributed by atoms with E-state index in [-0.39, 0.29) is 16.7 Å². The molecule has 0 bridgehead atoms. The fraction of sp³-hybridized carbons (Fsp3) is 0.909. The second-order valence-corrected chi connectivity index (χ2v) is 5.33. The Bertz CT molecular complexity index is 183. The normalized spacial score (nSPS) is 13.7. The van der Waals surface area contributed by atoms with Gasteiger partial charge in [0.15, 0.2) is 0 Å². The number of rotatable bonds is 7. The van der Waals surface area contributed by atoms with E-state index in [1.165, 1.54) is 0 Å². The second kappa shape index (κ2) is 7.12. The Hall–Kier alpha value is -0.220. The topological polar surface area (TPSA) is 55.1 Å². The first-order valence-electron chi connectivity index (χ1n) is 5.57. The van der Waals surface area contributed by atoms with Crippen molar-refractivity contribution in [3.05, 3.63) is 0 Å². The van der Waals surface area contributed by atoms with E-state index in [0.29, 0.717) is 6.42 Å². The lowest BCUT2D eigenvalue weighted by molar-refractivity contribution is -0.121. The number of thioether (sulfide) groups is 1. The van der Waals surface area contributed by atoms with Crippen molar-refractivity contribution in [1.82, 2.24) is 5.32 Å². The molecule has 3 nitrogen and oxygen atoms in total. The summed E-state index contributed by atoms with van der Waals surface area (Å²) in [5.74, 6) is 0.0605. The Labute approximate surface area is 97.6 Å². The average Bonchev–Trinajstić information content (AvgIpc) is 2.20. The predicted octanol–water partition coefficient (Wildman–Crippen LogP) is 1.76. The van der Waals surface area contributed by atoms with Gasteiger partial charge in [-0.15, -0.1) is 0 Å². The number of hydrogen-bond acceptors (Lipinski definition) is 3. The molecule has 0 aliphatic rings. The molecular formula is C11H24N2OS. The van der Waals surface area contributed by atoms with E-state index in [4.69, 9.17) is 5.73 Å². The Balaban J connectivity index is 4.05. The fourth-order valence-electron chi connectivity index (χ4n) is 1.49. The van der Waals surface area contributed by atoms with Gasteiger partial charge in [0, 0.05) is 23.8 Å². The first-order chi connectivity index (χ1) is 6.99. The van der Waals surface area contributed by atoms with E-state index in [2.05, 4.69) is 25.4 Å². The summed E-state index contributed by atoms with van der Waals surface area (Å²) < 4.78 is 0.188. The summed E-state index contributed by atoms with van der Waals surface area (Å²) in [6.45, 7) is 6.92. The molecule has 0 saturated carbocycles. The smallest absolute Gasteiger partial charge is 0.221 e. The summed E-state index contributed by atoms with van der Waals surface area (Å²) in [5.41, 5.74) is 5.56. The van der Waals surface area contributed by atoms with E-state index in [1.807, 2.05) is 18.7 Å². The quantitative estimate of drug-likeness (QED) is 0.703. The maximum atomic E-state index is 11.4. The van der Waals surface area contributed by atoms with Crippen LogP contribution in [0.4, 0.5) is 0 Å². The minimum atomic E-state index is -0.0584. The summed E-state index contributed by atoms with van der Waals surface area (Å²) >= 11 is 1.83. The minimum Gasteiger partial charge on any atom is -0.355 e. The molecule has 0 aromatic carbocycles. The van der Waals surface area contributed by atoms with Crippen LogP contribution in [0.15, 0.2) is 0 Å². The highest BCUT2D eigenvalue weighted by molar-refractivity contribution is 8.00. The molecule has 0 fully saturated rings. The lowest BCUT2D eigenvalue weighted by Crippen LogP contribution is -2.41. The maximum Gasteiger partial charge on any atom is 0.221 e. The molecule has 0 aliphatic carbocycles. The largest absolute Gasteiger partial charge is 0.355 e. The van der Waals surface area contributed by atoms with Crippen molar-refractivity contribution in [1.29, 1.82) is 0 Å². The van der Waals surface area contributed by atoms with Crippen LogP contribution in [-0.4, -0.2) is 29.5 Å². The third-order valence-corrected chi connectivity index (χ3v) is 4.42. The number of nitrogens with one attached hydrogen (secondary N) is 1. The average molecular weight is 232 g/mol. The Morgan fingerprint density at radius 1 is 1.47 bits per heavy atom. The highest BCUT2D eigenvalue weighted by Crippen LogP contribution is 2.29. The summed E-state index contributed by atoms with van der Waals surface area (Å²) in [6.07, 6.45) is 4.66. The Morgan fingerprint density at radius 3 is 2.33 bits per heavy atom. The molecular weight excluding hydrogens is 208 g/mol. The summed E-state index contributed by atoms with van der Waals surface area (Å²) in [7, 11) is 0. The molecule has 0 aromatic heterocycles. The number of hydrogen-bond donors (Lipinski definition) is 2. The van der Waals surface area contributed by atoms with Crippen molar-refractivity contribution >= 4 is 17.7 Å². The van der Waals surface area contributed by atoms with E-state index in [9.17, 15) is 4.79 Å². The van der Waals surface area contributed by atoms with Gasteiger partial charge < -0.3 is 11.1 Å². The van der Waals surface area contributed by atoms with Crippen molar-refractivity contribution in [2.24, 2.45) is 5.73 Å². The van der Waals surface area contributed by atoms with Crippen LogP contribution < -0.4 is 11.1 Å². The zero-order chi connectivity index (χ0) is 11.9. The van der Waals surface area contributed by atoms with Crippen molar-refractivity contribution in [3.63, 3.8) is 0 Å². The fourth-order valence-corrected chi connectivity index (χ4v) is 2.28. The second-order valence-electron chi connectivity index (χ2n) is 4.05. The van der Waals surface area contributed by atoms with Crippen LogP contribution in [0.25, 0.3) is 0 Å². The zero-order valence-electron chi connectivity index (χ0n) is 10.3. The number of amides is 1. The molecule has 0 spiro atoms. The molecule has 4 heteroatoms. The molecule has 1 amide bonds. The molecule has 90 valence electrons. The van der Waals surface area contributed by atoms with Gasteiger partial charge in [0.05, 0.1) is 0 Å². The van der Waals surface area contributed by atoms with Crippen LogP contribution in [0.3, 0.4) is 0 Å². The zero-order valence-corrected chi connectivity index (χ0v) is 11.1. The van der Waals surface area contributed by atoms with Gasteiger partial charge in [-0.25, -0.2) is 0 Å². The number of carbonyl (C=O) groups excluding carboxylic acids is 1. The van der Waals surface area contributed by atoms with Gasteiger partial charge in [0.25, 0.3) is 0 Å². The first kappa shape index (κ1) is 14.8. The van der Waals surface area contributed by atoms with E-state index >= 15 is 0 Å². The van der Waals surface area contributed by atoms with Crippen molar-refractivity contribution in [2.75, 3.05) is 12.8 Å². The maximum absolute atomic E-state index is 11.4. The Kier molecular flexibility index (Phi) is 7.02. The van der Waals surface area contributed by atoms with E-state index < -0.39 is 0 Å². The lowest BCUT2D eigenvalue weighted by atomic mass is 10.0. The van der Waals surface area contributed by atoms with Gasteiger partial charge in [0.1, 0.15) is 0 Å². The number of carbonyl (C=O) groups is 1. The van der Waals surface area contributed by atoms with Crippen LogP contribution in [-0.2, 0) is 4.79 Å². The third-order valence-electron chi connectivity index (χ3n) is 2.84.